The van der Waals surface area contributed by atoms with Crippen LogP contribution in [0.5, 0.6) is 5.75 Å². The molecule has 2 aromatic rings. The van der Waals surface area contributed by atoms with Gasteiger partial charge in [-0.2, -0.15) is 0 Å². The van der Waals surface area contributed by atoms with Crippen molar-refractivity contribution in [1.82, 2.24) is 4.90 Å². The van der Waals surface area contributed by atoms with E-state index in [2.05, 4.69) is 39.8 Å². The van der Waals surface area contributed by atoms with Crippen molar-refractivity contribution < 1.29 is 4.74 Å². The van der Waals surface area contributed by atoms with Crippen LogP contribution in [0.1, 0.15) is 31.7 Å². The Hall–Kier alpha value is -2.11. The molecular weight excluding hydrogens is 342 g/mol. The van der Waals surface area contributed by atoms with Gasteiger partial charge in [0.15, 0.2) is 5.11 Å². The molecule has 0 spiro atoms. The maximum absolute atomic E-state index is 5.62. The molecule has 1 aliphatic rings. The molecule has 0 amide bonds. The van der Waals surface area contributed by atoms with E-state index >= 15 is 0 Å². The van der Waals surface area contributed by atoms with Crippen LogP contribution in [0.4, 0.5) is 11.4 Å². The summed E-state index contributed by atoms with van der Waals surface area (Å²) < 4.78 is 5.62. The zero-order chi connectivity index (χ0) is 18.2. The molecule has 3 rings (SSSR count). The maximum atomic E-state index is 5.62. The second-order valence-corrected chi connectivity index (χ2v) is 6.95. The van der Waals surface area contributed by atoms with Crippen LogP contribution in [-0.4, -0.2) is 29.7 Å². The Kier molecular flexibility index (Phi) is 6.86. The molecule has 2 N–H and O–H groups in total. The zero-order valence-electron chi connectivity index (χ0n) is 15.3. The molecule has 0 unspecified atom stereocenters. The summed E-state index contributed by atoms with van der Waals surface area (Å²) in [6, 6.07) is 16.3. The summed E-state index contributed by atoms with van der Waals surface area (Å²) >= 11 is 5.44. The Balaban J connectivity index is 1.54. The molecule has 1 heterocycles. The first-order valence-corrected chi connectivity index (χ1v) is 9.76. The SMILES string of the molecule is CCOc1ccccc1NC(=S)Nc1ccc(CN2CCCCC2)cc1. The summed E-state index contributed by atoms with van der Waals surface area (Å²) in [7, 11) is 0. The van der Waals surface area contributed by atoms with Crippen molar-refractivity contribution in [3.63, 3.8) is 0 Å². The van der Waals surface area contributed by atoms with Gasteiger partial charge in [0.1, 0.15) is 5.75 Å². The third-order valence-corrected chi connectivity index (χ3v) is 4.71. The smallest absolute Gasteiger partial charge is 0.175 e. The molecule has 138 valence electrons. The number of likely N-dealkylation sites (tertiary alicyclic amines) is 1. The fourth-order valence-electron chi connectivity index (χ4n) is 3.21. The van der Waals surface area contributed by atoms with E-state index in [0.717, 1.165) is 23.7 Å². The van der Waals surface area contributed by atoms with E-state index in [1.165, 1.54) is 37.9 Å². The fraction of sp³-hybridized carbons (Fsp3) is 0.381. The first-order chi connectivity index (χ1) is 12.7. The van der Waals surface area contributed by atoms with Gasteiger partial charge in [0, 0.05) is 12.2 Å². The highest BCUT2D eigenvalue weighted by Gasteiger charge is 2.10. The van der Waals surface area contributed by atoms with E-state index in [4.69, 9.17) is 17.0 Å². The maximum Gasteiger partial charge on any atom is 0.175 e. The lowest BCUT2D eigenvalue weighted by molar-refractivity contribution is 0.221. The molecule has 1 aliphatic heterocycles. The molecule has 0 saturated carbocycles. The van der Waals surface area contributed by atoms with Gasteiger partial charge in [-0.15, -0.1) is 0 Å². The number of nitrogens with zero attached hydrogens (tertiary/aromatic N) is 1. The van der Waals surface area contributed by atoms with Crippen LogP contribution in [0.2, 0.25) is 0 Å². The third kappa shape index (κ3) is 5.44. The topological polar surface area (TPSA) is 36.5 Å². The monoisotopic (exact) mass is 369 g/mol. The summed E-state index contributed by atoms with van der Waals surface area (Å²) in [5, 5.41) is 7.01. The van der Waals surface area contributed by atoms with Crippen LogP contribution in [0, 0.1) is 0 Å². The third-order valence-electron chi connectivity index (χ3n) is 4.50. The Morgan fingerprint density at radius 3 is 2.46 bits per heavy atom. The van der Waals surface area contributed by atoms with Gasteiger partial charge in [0.25, 0.3) is 0 Å². The van der Waals surface area contributed by atoms with Gasteiger partial charge in [-0.25, -0.2) is 0 Å². The predicted molar refractivity (Wildman–Crippen MR) is 113 cm³/mol. The fourth-order valence-corrected chi connectivity index (χ4v) is 3.43. The number of rotatable bonds is 6. The van der Waals surface area contributed by atoms with Crippen LogP contribution in [0.15, 0.2) is 48.5 Å². The van der Waals surface area contributed by atoms with Crippen molar-refractivity contribution in [2.24, 2.45) is 0 Å². The number of ether oxygens (including phenoxy) is 1. The number of piperidine rings is 1. The number of para-hydroxylation sites is 2. The van der Waals surface area contributed by atoms with Crippen LogP contribution in [0.3, 0.4) is 0 Å². The second-order valence-electron chi connectivity index (χ2n) is 6.54. The average Bonchev–Trinajstić information content (AvgIpc) is 2.66. The van der Waals surface area contributed by atoms with Crippen molar-refractivity contribution in [2.75, 3.05) is 30.3 Å². The van der Waals surface area contributed by atoms with Crippen molar-refractivity contribution in [1.29, 1.82) is 0 Å². The first kappa shape index (κ1) is 18.7. The quantitative estimate of drug-likeness (QED) is 0.710. The summed E-state index contributed by atoms with van der Waals surface area (Å²) in [6.07, 6.45) is 4.02. The molecular formula is C21H27N3OS. The van der Waals surface area contributed by atoms with Crippen molar-refractivity contribution in [2.45, 2.75) is 32.7 Å². The van der Waals surface area contributed by atoms with E-state index in [9.17, 15) is 0 Å². The lowest BCUT2D eigenvalue weighted by Crippen LogP contribution is -2.29. The number of hydrogen-bond acceptors (Lipinski definition) is 3. The van der Waals surface area contributed by atoms with Crippen molar-refractivity contribution in [3.8, 4) is 5.75 Å². The van der Waals surface area contributed by atoms with E-state index in [0.29, 0.717) is 11.7 Å². The molecule has 1 fully saturated rings. The number of thiocarbonyl (C=S) groups is 1. The highest BCUT2D eigenvalue weighted by atomic mass is 32.1. The molecule has 0 aromatic heterocycles. The highest BCUT2D eigenvalue weighted by Crippen LogP contribution is 2.24. The number of anilines is 2. The number of nitrogens with one attached hydrogen (secondary N) is 2. The van der Waals surface area contributed by atoms with Gasteiger partial charge in [0.2, 0.25) is 0 Å². The first-order valence-electron chi connectivity index (χ1n) is 9.35. The van der Waals surface area contributed by atoms with E-state index < -0.39 is 0 Å². The van der Waals surface area contributed by atoms with Crippen molar-refractivity contribution >= 4 is 28.7 Å². The molecule has 26 heavy (non-hydrogen) atoms. The Morgan fingerprint density at radius 2 is 1.73 bits per heavy atom. The molecule has 0 aliphatic carbocycles. The molecule has 0 bridgehead atoms. The zero-order valence-corrected chi connectivity index (χ0v) is 16.1. The van der Waals surface area contributed by atoms with Gasteiger partial charge in [-0.05, 0) is 74.9 Å². The van der Waals surface area contributed by atoms with Crippen LogP contribution in [0.25, 0.3) is 0 Å². The molecule has 4 nitrogen and oxygen atoms in total. The van der Waals surface area contributed by atoms with Gasteiger partial charge in [-0.1, -0.05) is 30.7 Å². The van der Waals surface area contributed by atoms with Gasteiger partial charge in [0.05, 0.1) is 12.3 Å². The molecule has 1 saturated heterocycles. The highest BCUT2D eigenvalue weighted by molar-refractivity contribution is 7.80. The van der Waals surface area contributed by atoms with Crippen LogP contribution < -0.4 is 15.4 Å². The molecule has 0 atom stereocenters. The normalized spacial score (nSPS) is 14.7. The summed E-state index contributed by atoms with van der Waals surface area (Å²) in [5.41, 5.74) is 3.20. The molecule has 2 aromatic carbocycles. The van der Waals surface area contributed by atoms with E-state index in [1.54, 1.807) is 0 Å². The number of hydrogen-bond donors (Lipinski definition) is 2. The van der Waals surface area contributed by atoms with Crippen LogP contribution >= 0.6 is 12.2 Å². The Labute approximate surface area is 161 Å². The van der Waals surface area contributed by atoms with E-state index in [1.807, 2.05) is 31.2 Å². The lowest BCUT2D eigenvalue weighted by Gasteiger charge is -2.26. The predicted octanol–water partition coefficient (Wildman–Crippen LogP) is 4.88. The minimum atomic E-state index is 0.556. The standard InChI is InChI=1S/C21H27N3OS/c1-2-25-20-9-5-4-8-19(20)23-21(26)22-18-12-10-17(11-13-18)16-24-14-6-3-7-15-24/h4-5,8-13H,2-3,6-7,14-16H2,1H3,(H2,22,23,26). The number of benzene rings is 2. The summed E-state index contributed by atoms with van der Waals surface area (Å²) in [5.74, 6) is 0.802. The largest absolute Gasteiger partial charge is 0.492 e. The molecule has 5 heteroatoms. The molecule has 0 radical (unpaired) electrons. The minimum Gasteiger partial charge on any atom is -0.492 e. The Bertz CT molecular complexity index is 711. The average molecular weight is 370 g/mol. The lowest BCUT2D eigenvalue weighted by atomic mass is 10.1. The van der Waals surface area contributed by atoms with Gasteiger partial charge in [-0.3, -0.25) is 4.90 Å². The van der Waals surface area contributed by atoms with Gasteiger partial charge >= 0.3 is 0 Å². The second kappa shape index (κ2) is 9.55. The summed E-state index contributed by atoms with van der Waals surface area (Å²) in [6.45, 7) is 6.06. The van der Waals surface area contributed by atoms with Crippen LogP contribution in [-0.2, 0) is 6.54 Å². The minimum absolute atomic E-state index is 0.556. The Morgan fingerprint density at radius 1 is 1.00 bits per heavy atom. The van der Waals surface area contributed by atoms with E-state index in [-0.39, 0.29) is 0 Å². The van der Waals surface area contributed by atoms with Gasteiger partial charge < -0.3 is 15.4 Å². The van der Waals surface area contributed by atoms with Crippen molar-refractivity contribution in [3.05, 3.63) is 54.1 Å². The summed E-state index contributed by atoms with van der Waals surface area (Å²) in [4.78, 5) is 2.53.